The van der Waals surface area contributed by atoms with Gasteiger partial charge in [-0.3, -0.25) is 9.59 Å². The molecule has 0 saturated heterocycles. The lowest BCUT2D eigenvalue weighted by molar-refractivity contribution is -0.148. The lowest BCUT2D eigenvalue weighted by atomic mass is 10.1. The topological polar surface area (TPSA) is 125 Å². The molecule has 1 heterocycles. The number of amides is 1. The Hall–Kier alpha value is -2.77. The predicted octanol–water partition coefficient (Wildman–Crippen LogP) is -0.0964. The van der Waals surface area contributed by atoms with E-state index in [4.69, 9.17) is 14.9 Å². The minimum absolute atomic E-state index is 0.169. The number of carboxylic acids is 2. The van der Waals surface area contributed by atoms with Gasteiger partial charge in [0.15, 0.2) is 6.10 Å². The first-order valence-corrected chi connectivity index (χ1v) is 6.22. The van der Waals surface area contributed by atoms with Gasteiger partial charge in [0.25, 0.3) is 5.91 Å². The van der Waals surface area contributed by atoms with E-state index in [0.29, 0.717) is 5.75 Å². The second-order valence-electron chi connectivity index (χ2n) is 4.48. The molecular formula is C13H14N2O6. The minimum atomic E-state index is -1.49. The van der Waals surface area contributed by atoms with Crippen LogP contribution in [0.2, 0.25) is 0 Å². The van der Waals surface area contributed by atoms with E-state index in [1.165, 1.54) is 0 Å². The molecule has 2 rings (SSSR count). The summed E-state index contributed by atoms with van der Waals surface area (Å²) in [5, 5.41) is 22.7. The van der Waals surface area contributed by atoms with Crippen LogP contribution in [0.4, 0.5) is 5.69 Å². The third-order valence-corrected chi connectivity index (χ3v) is 2.92. The van der Waals surface area contributed by atoms with E-state index in [1.807, 2.05) is 6.07 Å². The van der Waals surface area contributed by atoms with Gasteiger partial charge in [-0.1, -0.05) is 12.1 Å². The number of carboxylic acid groups (broad SMARTS) is 2. The summed E-state index contributed by atoms with van der Waals surface area (Å²) in [6.45, 7) is 0.169. The smallest absolute Gasteiger partial charge is 0.326 e. The van der Waals surface area contributed by atoms with Crippen molar-refractivity contribution in [2.75, 3.05) is 11.9 Å². The van der Waals surface area contributed by atoms with Crippen LogP contribution in [0.5, 0.6) is 5.75 Å². The molecule has 2 atom stereocenters. The maximum atomic E-state index is 12.0. The maximum Gasteiger partial charge on any atom is 0.326 e. The molecule has 0 radical (unpaired) electrons. The first kappa shape index (κ1) is 14.6. The van der Waals surface area contributed by atoms with E-state index < -0.39 is 36.4 Å². The Balaban J connectivity index is 2.01. The first-order chi connectivity index (χ1) is 9.97. The Kier molecular flexibility index (Phi) is 4.27. The van der Waals surface area contributed by atoms with E-state index in [1.54, 1.807) is 18.2 Å². The summed E-state index contributed by atoms with van der Waals surface area (Å²) in [7, 11) is 0. The number of para-hydroxylation sites is 2. The van der Waals surface area contributed by atoms with Gasteiger partial charge in [-0.05, 0) is 12.1 Å². The Morgan fingerprint density at radius 2 is 2.05 bits per heavy atom. The number of carbonyl (C=O) groups is 3. The van der Waals surface area contributed by atoms with Gasteiger partial charge in [-0.2, -0.15) is 0 Å². The molecule has 0 aromatic heterocycles. The van der Waals surface area contributed by atoms with Crippen LogP contribution in [-0.4, -0.2) is 46.7 Å². The zero-order chi connectivity index (χ0) is 15.4. The van der Waals surface area contributed by atoms with E-state index in [-0.39, 0.29) is 6.54 Å². The highest BCUT2D eigenvalue weighted by molar-refractivity contribution is 5.89. The number of hydrogen-bond acceptors (Lipinski definition) is 5. The molecule has 8 heteroatoms. The van der Waals surface area contributed by atoms with E-state index in [2.05, 4.69) is 10.6 Å². The maximum absolute atomic E-state index is 12.0. The normalized spacial score (nSPS) is 17.6. The third-order valence-electron chi connectivity index (χ3n) is 2.92. The van der Waals surface area contributed by atoms with Gasteiger partial charge < -0.3 is 25.6 Å². The number of hydrogen-bond donors (Lipinski definition) is 4. The molecule has 112 valence electrons. The highest BCUT2D eigenvalue weighted by Gasteiger charge is 2.30. The summed E-state index contributed by atoms with van der Waals surface area (Å²) < 4.78 is 5.46. The van der Waals surface area contributed by atoms with Gasteiger partial charge in [-0.15, -0.1) is 0 Å². The number of ether oxygens (including phenoxy) is 1. The van der Waals surface area contributed by atoms with Crippen LogP contribution in [-0.2, 0) is 14.4 Å². The molecule has 1 amide bonds. The predicted molar refractivity (Wildman–Crippen MR) is 71.2 cm³/mol. The van der Waals surface area contributed by atoms with Crippen LogP contribution in [0.3, 0.4) is 0 Å². The molecule has 4 N–H and O–H groups in total. The summed E-state index contributed by atoms with van der Waals surface area (Å²) in [6, 6.07) is 5.52. The Morgan fingerprint density at radius 1 is 1.33 bits per heavy atom. The summed E-state index contributed by atoms with van der Waals surface area (Å²) in [6.07, 6.45) is -1.62. The molecular weight excluding hydrogens is 280 g/mol. The number of carbonyl (C=O) groups excluding carboxylic acids is 1. The minimum Gasteiger partial charge on any atom is -0.481 e. The van der Waals surface area contributed by atoms with Crippen molar-refractivity contribution in [1.82, 2.24) is 5.32 Å². The number of anilines is 1. The number of benzene rings is 1. The van der Waals surface area contributed by atoms with E-state index in [0.717, 1.165) is 5.69 Å². The van der Waals surface area contributed by atoms with E-state index >= 15 is 0 Å². The Bertz CT molecular complexity index is 574. The van der Waals surface area contributed by atoms with Gasteiger partial charge in [0.1, 0.15) is 11.8 Å². The summed E-state index contributed by atoms with van der Waals surface area (Å²) >= 11 is 0. The quantitative estimate of drug-likeness (QED) is 0.597. The fraction of sp³-hybridized carbons (Fsp3) is 0.308. The van der Waals surface area contributed by atoms with Crippen LogP contribution in [0.1, 0.15) is 6.42 Å². The summed E-state index contributed by atoms with van der Waals surface area (Å²) in [4.78, 5) is 33.5. The van der Waals surface area contributed by atoms with Crippen LogP contribution in [0.15, 0.2) is 24.3 Å². The zero-order valence-electron chi connectivity index (χ0n) is 10.9. The monoisotopic (exact) mass is 294 g/mol. The highest BCUT2D eigenvalue weighted by Crippen LogP contribution is 2.28. The molecule has 0 saturated carbocycles. The Morgan fingerprint density at radius 3 is 2.71 bits per heavy atom. The molecule has 0 fully saturated rings. The van der Waals surface area contributed by atoms with Crippen molar-refractivity contribution in [3.05, 3.63) is 24.3 Å². The molecule has 0 bridgehead atoms. The second kappa shape index (κ2) is 6.12. The molecule has 8 nitrogen and oxygen atoms in total. The fourth-order valence-corrected chi connectivity index (χ4v) is 1.90. The van der Waals surface area contributed by atoms with Crippen molar-refractivity contribution >= 4 is 23.5 Å². The molecule has 1 aromatic carbocycles. The van der Waals surface area contributed by atoms with Crippen molar-refractivity contribution in [3.63, 3.8) is 0 Å². The largest absolute Gasteiger partial charge is 0.481 e. The molecule has 1 aromatic rings. The van der Waals surface area contributed by atoms with Crippen LogP contribution < -0.4 is 15.4 Å². The first-order valence-electron chi connectivity index (χ1n) is 6.22. The standard InChI is InChI=1S/C13H14N2O6/c16-11(17)5-8(13(19)20)15-12(18)10-6-14-7-3-1-2-4-9(7)21-10/h1-4,8,10,14H,5-6H2,(H,15,18)(H,16,17)(H,19,20). The second-order valence-corrected chi connectivity index (χ2v) is 4.48. The SMILES string of the molecule is O=C(O)CC(NC(=O)C1CNc2ccccc2O1)C(=O)O. The van der Waals surface area contributed by atoms with Gasteiger partial charge >= 0.3 is 11.9 Å². The summed E-state index contributed by atoms with van der Waals surface area (Å²) in [5.74, 6) is -2.91. The van der Waals surface area contributed by atoms with E-state index in [9.17, 15) is 14.4 Å². The average molecular weight is 294 g/mol. The molecule has 1 aliphatic heterocycles. The van der Waals surface area contributed by atoms with Crippen molar-refractivity contribution in [3.8, 4) is 5.75 Å². The average Bonchev–Trinajstić information content (AvgIpc) is 2.45. The zero-order valence-corrected chi connectivity index (χ0v) is 10.9. The fourth-order valence-electron chi connectivity index (χ4n) is 1.90. The molecule has 21 heavy (non-hydrogen) atoms. The lowest BCUT2D eigenvalue weighted by Gasteiger charge is -2.27. The number of aliphatic carboxylic acids is 2. The van der Waals surface area contributed by atoms with Crippen molar-refractivity contribution in [1.29, 1.82) is 0 Å². The summed E-state index contributed by atoms with van der Waals surface area (Å²) in [5.41, 5.74) is 0.738. The number of fused-ring (bicyclic) bond motifs is 1. The third kappa shape index (κ3) is 3.62. The molecule has 1 aliphatic rings. The van der Waals surface area contributed by atoms with Crippen molar-refractivity contribution in [2.45, 2.75) is 18.6 Å². The van der Waals surface area contributed by atoms with Crippen LogP contribution >= 0.6 is 0 Å². The lowest BCUT2D eigenvalue weighted by Crippen LogP contribution is -2.51. The van der Waals surface area contributed by atoms with Crippen LogP contribution in [0.25, 0.3) is 0 Å². The Labute approximate surface area is 119 Å². The van der Waals surface area contributed by atoms with Gasteiger partial charge in [-0.25, -0.2) is 4.79 Å². The van der Waals surface area contributed by atoms with Gasteiger partial charge in [0.05, 0.1) is 18.7 Å². The number of rotatable bonds is 5. The van der Waals surface area contributed by atoms with Crippen molar-refractivity contribution < 1.29 is 29.3 Å². The highest BCUT2D eigenvalue weighted by atomic mass is 16.5. The molecule has 0 aliphatic carbocycles. The van der Waals surface area contributed by atoms with Gasteiger partial charge in [0.2, 0.25) is 0 Å². The van der Waals surface area contributed by atoms with Gasteiger partial charge in [0, 0.05) is 0 Å². The molecule has 0 spiro atoms. The molecule has 2 unspecified atom stereocenters. The number of nitrogens with one attached hydrogen (secondary N) is 2. The van der Waals surface area contributed by atoms with Crippen LogP contribution in [0, 0.1) is 0 Å². The van der Waals surface area contributed by atoms with Crippen molar-refractivity contribution in [2.24, 2.45) is 0 Å².